The molecule has 0 bridgehead atoms. The second-order valence-electron chi connectivity index (χ2n) is 5.51. The summed E-state index contributed by atoms with van der Waals surface area (Å²) in [5, 5.41) is 12.7. The Labute approximate surface area is 107 Å². The topological polar surface area (TPSA) is 80.4 Å². The van der Waals surface area contributed by atoms with Gasteiger partial charge in [0, 0.05) is 6.54 Å². The molecule has 0 saturated heterocycles. The first-order chi connectivity index (χ1) is 8.44. The van der Waals surface area contributed by atoms with E-state index >= 15 is 0 Å². The zero-order valence-corrected chi connectivity index (χ0v) is 10.9. The van der Waals surface area contributed by atoms with Crippen molar-refractivity contribution < 1.29 is 9.84 Å². The summed E-state index contributed by atoms with van der Waals surface area (Å²) >= 11 is 0. The number of rotatable bonds is 6. The highest BCUT2D eigenvalue weighted by Crippen LogP contribution is 2.30. The Morgan fingerprint density at radius 2 is 2.22 bits per heavy atom. The lowest BCUT2D eigenvalue weighted by Crippen LogP contribution is -2.29. The fourth-order valence-corrected chi connectivity index (χ4v) is 1.45. The van der Waals surface area contributed by atoms with Gasteiger partial charge in [-0.05, 0) is 44.7 Å². The largest absolute Gasteiger partial charge is 0.476 e. The Morgan fingerprint density at radius 3 is 2.83 bits per heavy atom. The number of aliphatic hydroxyl groups is 1. The molecule has 4 N–H and O–H groups in total. The van der Waals surface area contributed by atoms with Crippen LogP contribution in [0.25, 0.3) is 0 Å². The SMILES string of the molecule is CC(C)(O)CNc1ccc(N)c(OCC2CC2)n1. The molecule has 18 heavy (non-hydrogen) atoms. The number of nitrogen functional groups attached to an aromatic ring is 1. The van der Waals surface area contributed by atoms with Gasteiger partial charge in [0.25, 0.3) is 0 Å². The fraction of sp³-hybridized carbons (Fsp3) is 0.615. The molecule has 0 aliphatic heterocycles. The lowest BCUT2D eigenvalue weighted by molar-refractivity contribution is 0.0944. The van der Waals surface area contributed by atoms with Gasteiger partial charge in [0.15, 0.2) is 0 Å². The maximum Gasteiger partial charge on any atom is 0.239 e. The van der Waals surface area contributed by atoms with Crippen molar-refractivity contribution in [2.45, 2.75) is 32.3 Å². The molecule has 1 aliphatic rings. The molecular formula is C13H21N3O2. The molecule has 5 nitrogen and oxygen atoms in total. The number of hydrogen-bond donors (Lipinski definition) is 3. The monoisotopic (exact) mass is 251 g/mol. The minimum Gasteiger partial charge on any atom is -0.476 e. The van der Waals surface area contributed by atoms with Gasteiger partial charge in [-0.3, -0.25) is 0 Å². The second kappa shape index (κ2) is 5.02. The Bertz CT molecular complexity index is 411. The van der Waals surface area contributed by atoms with Crippen LogP contribution in [-0.2, 0) is 0 Å². The number of aromatic nitrogens is 1. The minimum atomic E-state index is -0.780. The average molecular weight is 251 g/mol. The van der Waals surface area contributed by atoms with Crippen molar-refractivity contribution in [1.82, 2.24) is 4.98 Å². The molecule has 1 fully saturated rings. The number of ether oxygens (including phenoxy) is 1. The molecule has 0 aromatic carbocycles. The lowest BCUT2D eigenvalue weighted by Gasteiger charge is -2.18. The number of pyridine rings is 1. The maximum absolute atomic E-state index is 9.64. The molecule has 0 spiro atoms. The smallest absolute Gasteiger partial charge is 0.239 e. The summed E-state index contributed by atoms with van der Waals surface area (Å²) in [5.74, 6) is 1.80. The quantitative estimate of drug-likeness (QED) is 0.716. The van der Waals surface area contributed by atoms with Crippen molar-refractivity contribution in [2.75, 3.05) is 24.2 Å². The molecule has 0 radical (unpaired) electrons. The van der Waals surface area contributed by atoms with Gasteiger partial charge in [0.2, 0.25) is 5.88 Å². The van der Waals surface area contributed by atoms with E-state index in [4.69, 9.17) is 10.5 Å². The van der Waals surface area contributed by atoms with Gasteiger partial charge in [-0.25, -0.2) is 0 Å². The normalized spacial score (nSPS) is 15.5. The Balaban J connectivity index is 1.95. The highest BCUT2D eigenvalue weighted by Gasteiger charge is 2.22. The first kappa shape index (κ1) is 13.0. The highest BCUT2D eigenvalue weighted by molar-refractivity contribution is 5.53. The standard InChI is InChI=1S/C13H21N3O2/c1-13(2,17)8-15-11-6-5-10(14)12(16-11)18-7-9-3-4-9/h5-6,9,17H,3-4,7-8,14H2,1-2H3,(H,15,16). The van der Waals surface area contributed by atoms with Crippen LogP contribution in [0.2, 0.25) is 0 Å². The molecule has 0 unspecified atom stereocenters. The van der Waals surface area contributed by atoms with Crippen molar-refractivity contribution in [3.63, 3.8) is 0 Å². The third-order valence-electron chi connectivity index (χ3n) is 2.74. The van der Waals surface area contributed by atoms with Gasteiger partial charge >= 0.3 is 0 Å². The van der Waals surface area contributed by atoms with Gasteiger partial charge in [0.05, 0.1) is 17.9 Å². The van der Waals surface area contributed by atoms with E-state index in [0.29, 0.717) is 36.5 Å². The van der Waals surface area contributed by atoms with Crippen molar-refractivity contribution in [1.29, 1.82) is 0 Å². The van der Waals surface area contributed by atoms with Crippen LogP contribution in [0.5, 0.6) is 5.88 Å². The van der Waals surface area contributed by atoms with E-state index in [9.17, 15) is 5.11 Å². The number of nitrogens with one attached hydrogen (secondary N) is 1. The van der Waals surface area contributed by atoms with E-state index in [1.54, 1.807) is 26.0 Å². The third-order valence-corrected chi connectivity index (χ3v) is 2.74. The molecule has 1 aliphatic carbocycles. The first-order valence-electron chi connectivity index (χ1n) is 6.29. The number of hydrogen-bond acceptors (Lipinski definition) is 5. The third kappa shape index (κ3) is 4.07. The summed E-state index contributed by atoms with van der Waals surface area (Å²) in [7, 11) is 0. The van der Waals surface area contributed by atoms with Crippen molar-refractivity contribution >= 4 is 11.5 Å². The minimum absolute atomic E-state index is 0.423. The van der Waals surface area contributed by atoms with E-state index in [0.717, 1.165) is 0 Å². The zero-order chi connectivity index (χ0) is 13.2. The van der Waals surface area contributed by atoms with Gasteiger partial charge in [-0.1, -0.05) is 0 Å². The number of nitrogens with zero attached hydrogens (tertiary/aromatic N) is 1. The Morgan fingerprint density at radius 1 is 1.50 bits per heavy atom. The lowest BCUT2D eigenvalue weighted by atomic mass is 10.1. The van der Waals surface area contributed by atoms with E-state index in [2.05, 4.69) is 10.3 Å². The van der Waals surface area contributed by atoms with Crippen LogP contribution in [0.1, 0.15) is 26.7 Å². The molecule has 1 aromatic rings. The van der Waals surface area contributed by atoms with Crippen LogP contribution in [0.4, 0.5) is 11.5 Å². The van der Waals surface area contributed by atoms with Crippen molar-refractivity contribution in [2.24, 2.45) is 5.92 Å². The summed E-state index contributed by atoms with van der Waals surface area (Å²) in [4.78, 5) is 4.31. The summed E-state index contributed by atoms with van der Waals surface area (Å²) in [6.07, 6.45) is 2.47. The summed E-state index contributed by atoms with van der Waals surface area (Å²) < 4.78 is 5.59. The summed E-state index contributed by atoms with van der Waals surface area (Å²) in [5.41, 5.74) is 5.58. The molecule has 2 rings (SSSR count). The Hall–Kier alpha value is -1.49. The molecule has 1 aromatic heterocycles. The van der Waals surface area contributed by atoms with Gasteiger partial charge in [-0.15, -0.1) is 0 Å². The molecule has 0 amide bonds. The van der Waals surface area contributed by atoms with Gasteiger partial charge in [-0.2, -0.15) is 4.98 Å². The van der Waals surface area contributed by atoms with Crippen LogP contribution >= 0.6 is 0 Å². The van der Waals surface area contributed by atoms with Crippen LogP contribution in [0.15, 0.2) is 12.1 Å². The Kier molecular flexibility index (Phi) is 3.61. The highest BCUT2D eigenvalue weighted by atomic mass is 16.5. The molecular weight excluding hydrogens is 230 g/mol. The van der Waals surface area contributed by atoms with E-state index in [1.807, 2.05) is 0 Å². The van der Waals surface area contributed by atoms with Crippen LogP contribution in [0, 0.1) is 5.92 Å². The van der Waals surface area contributed by atoms with E-state index in [-0.39, 0.29) is 0 Å². The average Bonchev–Trinajstić information content (AvgIpc) is 3.09. The van der Waals surface area contributed by atoms with E-state index < -0.39 is 5.60 Å². The fourth-order valence-electron chi connectivity index (χ4n) is 1.45. The summed E-state index contributed by atoms with van der Waals surface area (Å²) in [6.45, 7) is 4.59. The van der Waals surface area contributed by atoms with Crippen molar-refractivity contribution in [3.8, 4) is 5.88 Å². The van der Waals surface area contributed by atoms with Crippen LogP contribution in [-0.4, -0.2) is 28.8 Å². The predicted molar refractivity (Wildman–Crippen MR) is 71.7 cm³/mol. The van der Waals surface area contributed by atoms with Crippen molar-refractivity contribution in [3.05, 3.63) is 12.1 Å². The molecule has 1 heterocycles. The van der Waals surface area contributed by atoms with Crippen LogP contribution < -0.4 is 15.8 Å². The molecule has 5 heteroatoms. The number of nitrogens with two attached hydrogens (primary N) is 1. The molecule has 1 saturated carbocycles. The maximum atomic E-state index is 9.64. The molecule has 0 atom stereocenters. The van der Waals surface area contributed by atoms with Crippen LogP contribution in [0.3, 0.4) is 0 Å². The summed E-state index contributed by atoms with van der Waals surface area (Å²) in [6, 6.07) is 3.55. The molecule has 100 valence electrons. The predicted octanol–water partition coefficient (Wildman–Crippen LogP) is 1.64. The second-order valence-corrected chi connectivity index (χ2v) is 5.51. The van der Waals surface area contributed by atoms with Gasteiger partial charge < -0.3 is 20.9 Å². The first-order valence-corrected chi connectivity index (χ1v) is 6.29. The zero-order valence-electron chi connectivity index (χ0n) is 10.9. The number of anilines is 2. The van der Waals surface area contributed by atoms with E-state index in [1.165, 1.54) is 12.8 Å². The van der Waals surface area contributed by atoms with Gasteiger partial charge in [0.1, 0.15) is 5.82 Å².